The van der Waals surface area contributed by atoms with Crippen LogP contribution in [0.4, 0.5) is 13.2 Å². The van der Waals surface area contributed by atoms with Gasteiger partial charge in [-0.1, -0.05) is 50.0 Å². The predicted molar refractivity (Wildman–Crippen MR) is 107 cm³/mol. The molecule has 28 heavy (non-hydrogen) atoms. The first-order valence-corrected chi connectivity index (χ1v) is 13.4. The van der Waals surface area contributed by atoms with Crippen LogP contribution in [-0.2, 0) is 17.2 Å². The molecule has 1 heterocycles. The number of fused-ring (bicyclic) bond motifs is 1. The maximum Gasteiger partial charge on any atom is 0.534 e. The molecule has 150 valence electrons. The van der Waals surface area contributed by atoms with E-state index in [9.17, 15) is 21.6 Å². The molecule has 0 N–H and O–H groups in total. The zero-order valence-corrected chi connectivity index (χ0v) is 17.6. The molecule has 0 radical (unpaired) electrons. The number of halogens is 3. The first-order valence-electron chi connectivity index (χ1n) is 8.51. The van der Waals surface area contributed by atoms with Gasteiger partial charge in [-0.25, -0.2) is 0 Å². The molecule has 4 nitrogen and oxygen atoms in total. The van der Waals surface area contributed by atoms with Gasteiger partial charge in [0.2, 0.25) is 0 Å². The molecule has 0 aliphatic carbocycles. The Hall–Kier alpha value is -2.26. The standard InChI is InChI=1S/C19H20F3NO3SSi/c1-23-12-14(13-8-6-5-7-9-13)17-15(23)10-11-16(18(17)28(2,3)4)26-27(24,25)19(20,21)22/h5-12H,1-4H3. The van der Waals surface area contributed by atoms with E-state index in [2.05, 4.69) is 4.18 Å². The monoisotopic (exact) mass is 427 g/mol. The van der Waals surface area contributed by atoms with Crippen LogP contribution in [0.1, 0.15) is 0 Å². The van der Waals surface area contributed by atoms with E-state index in [0.717, 1.165) is 22.0 Å². The van der Waals surface area contributed by atoms with Gasteiger partial charge >= 0.3 is 15.6 Å². The molecule has 9 heteroatoms. The highest BCUT2D eigenvalue weighted by molar-refractivity contribution is 7.88. The molecule has 0 amide bonds. The summed E-state index contributed by atoms with van der Waals surface area (Å²) in [5.41, 5.74) is -2.97. The van der Waals surface area contributed by atoms with E-state index in [1.54, 1.807) is 6.07 Å². The second kappa shape index (κ2) is 6.66. The minimum atomic E-state index is -5.76. The maximum atomic E-state index is 12.9. The van der Waals surface area contributed by atoms with E-state index in [4.69, 9.17) is 0 Å². The third kappa shape index (κ3) is 3.56. The summed E-state index contributed by atoms with van der Waals surface area (Å²) in [6.45, 7) is 5.82. The Labute approximate surface area is 162 Å². The Morgan fingerprint density at radius 3 is 2.14 bits per heavy atom. The van der Waals surface area contributed by atoms with E-state index in [1.165, 1.54) is 6.07 Å². The van der Waals surface area contributed by atoms with E-state index in [1.807, 2.05) is 67.8 Å². The Morgan fingerprint density at radius 1 is 1.00 bits per heavy atom. The minimum Gasteiger partial charge on any atom is -0.376 e. The average Bonchev–Trinajstić information content (AvgIpc) is 2.90. The lowest BCUT2D eigenvalue weighted by molar-refractivity contribution is -0.0499. The average molecular weight is 428 g/mol. The van der Waals surface area contributed by atoms with Gasteiger partial charge in [-0.3, -0.25) is 0 Å². The van der Waals surface area contributed by atoms with Crippen molar-refractivity contribution in [1.29, 1.82) is 0 Å². The number of nitrogens with zero attached hydrogens (tertiary/aromatic N) is 1. The highest BCUT2D eigenvalue weighted by atomic mass is 32.2. The van der Waals surface area contributed by atoms with Crippen LogP contribution in [0.25, 0.3) is 22.0 Å². The summed E-state index contributed by atoms with van der Waals surface area (Å²) < 4.78 is 68.5. The molecule has 0 aliphatic heterocycles. The molecule has 2 aromatic carbocycles. The fourth-order valence-electron chi connectivity index (χ4n) is 3.28. The SMILES string of the molecule is Cn1cc(-c2ccccc2)c2c([Si](C)(C)C)c(OS(=O)(=O)C(F)(F)F)ccc21. The Kier molecular flexibility index (Phi) is 4.87. The van der Waals surface area contributed by atoms with Crippen molar-refractivity contribution in [2.45, 2.75) is 25.1 Å². The van der Waals surface area contributed by atoms with Crippen LogP contribution in [0.5, 0.6) is 5.75 Å². The summed E-state index contributed by atoms with van der Waals surface area (Å²) in [6.07, 6.45) is 1.89. The Bertz CT molecular complexity index is 1130. The van der Waals surface area contributed by atoms with Crippen LogP contribution in [0.15, 0.2) is 48.7 Å². The van der Waals surface area contributed by atoms with Crippen molar-refractivity contribution in [3.8, 4) is 16.9 Å². The van der Waals surface area contributed by atoms with E-state index in [-0.39, 0.29) is 5.75 Å². The van der Waals surface area contributed by atoms with Crippen molar-refractivity contribution in [3.63, 3.8) is 0 Å². The first kappa shape index (κ1) is 20.5. The molecule has 0 saturated carbocycles. The number of rotatable bonds is 4. The van der Waals surface area contributed by atoms with Crippen molar-refractivity contribution in [2.24, 2.45) is 7.05 Å². The molecule has 3 rings (SSSR count). The number of hydrogen-bond acceptors (Lipinski definition) is 3. The molecule has 0 aliphatic rings. The van der Waals surface area contributed by atoms with Gasteiger partial charge in [-0.15, -0.1) is 0 Å². The normalized spacial score (nSPS) is 13.1. The lowest BCUT2D eigenvalue weighted by atomic mass is 10.0. The highest BCUT2D eigenvalue weighted by Crippen LogP contribution is 2.35. The van der Waals surface area contributed by atoms with E-state index < -0.39 is 23.7 Å². The van der Waals surface area contributed by atoms with Gasteiger partial charge in [0.1, 0.15) is 5.75 Å². The molecule has 3 aromatic rings. The second-order valence-corrected chi connectivity index (χ2v) is 14.1. The van der Waals surface area contributed by atoms with Crippen LogP contribution in [0.3, 0.4) is 0 Å². The highest BCUT2D eigenvalue weighted by Gasteiger charge is 2.49. The van der Waals surface area contributed by atoms with Gasteiger partial charge in [0.05, 0.1) is 8.07 Å². The smallest absolute Gasteiger partial charge is 0.376 e. The second-order valence-electron chi connectivity index (χ2n) is 7.59. The predicted octanol–water partition coefficient (Wildman–Crippen LogP) is 4.62. The van der Waals surface area contributed by atoms with Gasteiger partial charge in [-0.05, 0) is 22.9 Å². The van der Waals surface area contributed by atoms with Crippen LogP contribution < -0.4 is 9.37 Å². The quantitative estimate of drug-likeness (QED) is 0.347. The summed E-state index contributed by atoms with van der Waals surface area (Å²) >= 11 is 0. The number of alkyl halides is 3. The fraction of sp³-hybridized carbons (Fsp3) is 0.263. The largest absolute Gasteiger partial charge is 0.534 e. The number of aromatic nitrogens is 1. The van der Waals surface area contributed by atoms with Gasteiger partial charge in [-0.2, -0.15) is 21.6 Å². The topological polar surface area (TPSA) is 48.3 Å². The Morgan fingerprint density at radius 2 is 1.61 bits per heavy atom. The number of hydrogen-bond donors (Lipinski definition) is 0. The van der Waals surface area contributed by atoms with Crippen molar-refractivity contribution < 1.29 is 25.8 Å². The van der Waals surface area contributed by atoms with Crippen LogP contribution in [0.2, 0.25) is 19.6 Å². The molecule has 0 fully saturated rings. The molecule has 0 atom stereocenters. The zero-order valence-electron chi connectivity index (χ0n) is 15.8. The van der Waals surface area contributed by atoms with Crippen molar-refractivity contribution in [2.75, 3.05) is 0 Å². The fourth-order valence-corrected chi connectivity index (χ4v) is 5.71. The first-order chi connectivity index (χ1) is 12.8. The molecule has 1 aromatic heterocycles. The van der Waals surface area contributed by atoms with Gasteiger partial charge in [0.25, 0.3) is 0 Å². The van der Waals surface area contributed by atoms with Gasteiger partial charge < -0.3 is 8.75 Å². The van der Waals surface area contributed by atoms with Crippen molar-refractivity contribution in [1.82, 2.24) is 4.57 Å². The molecule has 0 spiro atoms. The van der Waals surface area contributed by atoms with Crippen molar-refractivity contribution >= 4 is 34.3 Å². The molecular formula is C19H20F3NO3SSi. The van der Waals surface area contributed by atoms with Crippen LogP contribution >= 0.6 is 0 Å². The van der Waals surface area contributed by atoms with E-state index >= 15 is 0 Å². The maximum absolute atomic E-state index is 12.9. The number of benzene rings is 2. The Balaban J connectivity index is 2.37. The molecule has 0 saturated heterocycles. The van der Waals surface area contributed by atoms with Crippen LogP contribution in [0, 0.1) is 0 Å². The third-order valence-corrected chi connectivity index (χ3v) is 7.40. The molecule has 0 unspecified atom stereocenters. The summed E-state index contributed by atoms with van der Waals surface area (Å²) in [5, 5.41) is 1.26. The lowest BCUT2D eigenvalue weighted by Gasteiger charge is -2.23. The van der Waals surface area contributed by atoms with Gasteiger partial charge in [0.15, 0.2) is 0 Å². The van der Waals surface area contributed by atoms with Crippen LogP contribution in [-0.4, -0.2) is 26.6 Å². The molecular weight excluding hydrogens is 407 g/mol. The lowest BCUT2D eigenvalue weighted by Crippen LogP contribution is -2.41. The number of aryl methyl sites for hydroxylation is 1. The summed E-state index contributed by atoms with van der Waals surface area (Å²) in [5.74, 6) is -0.257. The van der Waals surface area contributed by atoms with Gasteiger partial charge in [0, 0.05) is 29.7 Å². The van der Waals surface area contributed by atoms with Crippen molar-refractivity contribution in [3.05, 3.63) is 48.7 Å². The molecule has 0 bridgehead atoms. The summed E-state index contributed by atoms with van der Waals surface area (Å²) in [4.78, 5) is 0. The summed E-state index contributed by atoms with van der Waals surface area (Å²) in [6, 6.07) is 12.3. The minimum absolute atomic E-state index is 0.257. The van der Waals surface area contributed by atoms with E-state index in [0.29, 0.717) is 5.19 Å². The summed E-state index contributed by atoms with van der Waals surface area (Å²) in [7, 11) is -6.24. The third-order valence-electron chi connectivity index (χ3n) is 4.43. The zero-order chi connectivity index (χ0) is 20.9.